The van der Waals surface area contributed by atoms with Gasteiger partial charge in [0, 0.05) is 11.6 Å². The van der Waals surface area contributed by atoms with Crippen LogP contribution in [-0.2, 0) is 0 Å². The highest BCUT2D eigenvalue weighted by Gasteiger charge is 2.21. The molecule has 5 heteroatoms. The maximum Gasteiger partial charge on any atom is 0.0668 e. The number of halogens is 3. The number of rotatable bonds is 5. The third kappa shape index (κ3) is 3.73. The van der Waals surface area contributed by atoms with Crippen molar-refractivity contribution in [2.75, 3.05) is 6.54 Å². The summed E-state index contributed by atoms with van der Waals surface area (Å²) in [6, 6.07) is 3.39. The summed E-state index contributed by atoms with van der Waals surface area (Å²) < 4.78 is 0. The molecule has 17 heavy (non-hydrogen) atoms. The highest BCUT2D eigenvalue weighted by molar-refractivity contribution is 6.44. The quantitative estimate of drug-likeness (QED) is 0.811. The smallest absolute Gasteiger partial charge is 0.0668 e. The summed E-state index contributed by atoms with van der Waals surface area (Å²) >= 11 is 18.3. The second kappa shape index (κ2) is 6.81. The number of aliphatic hydroxyl groups is 1. The molecule has 0 fully saturated rings. The van der Waals surface area contributed by atoms with Gasteiger partial charge in [-0.3, -0.25) is 0 Å². The molecule has 96 valence electrons. The lowest BCUT2D eigenvalue weighted by atomic mass is 9.90. The molecule has 0 heterocycles. The Balaban J connectivity index is 3.07. The topological polar surface area (TPSA) is 46.2 Å². The first-order chi connectivity index (χ1) is 8.01. The molecular formula is C12H16Cl3NO. The van der Waals surface area contributed by atoms with Crippen LogP contribution in [0.15, 0.2) is 12.1 Å². The molecular weight excluding hydrogens is 280 g/mol. The molecule has 0 bridgehead atoms. The number of aliphatic hydroxyl groups excluding tert-OH is 1. The van der Waals surface area contributed by atoms with Gasteiger partial charge in [0.05, 0.1) is 16.1 Å². The van der Waals surface area contributed by atoms with Crippen LogP contribution in [0.1, 0.15) is 31.2 Å². The van der Waals surface area contributed by atoms with Crippen molar-refractivity contribution >= 4 is 34.8 Å². The van der Waals surface area contributed by atoms with Crippen LogP contribution in [0.4, 0.5) is 0 Å². The molecule has 1 aromatic rings. The molecule has 3 N–H and O–H groups in total. The van der Waals surface area contributed by atoms with Gasteiger partial charge in [-0.2, -0.15) is 0 Å². The van der Waals surface area contributed by atoms with Crippen LogP contribution >= 0.6 is 34.8 Å². The van der Waals surface area contributed by atoms with E-state index in [2.05, 4.69) is 0 Å². The van der Waals surface area contributed by atoms with E-state index in [1.165, 1.54) is 0 Å². The van der Waals surface area contributed by atoms with Crippen LogP contribution in [0.5, 0.6) is 0 Å². The second-order valence-corrected chi connectivity index (χ2v) is 5.18. The Morgan fingerprint density at radius 3 is 2.35 bits per heavy atom. The average molecular weight is 297 g/mol. The molecule has 0 aromatic heterocycles. The van der Waals surface area contributed by atoms with Crippen LogP contribution in [0.3, 0.4) is 0 Å². The van der Waals surface area contributed by atoms with E-state index in [0.717, 1.165) is 12.0 Å². The van der Waals surface area contributed by atoms with Crippen LogP contribution in [0.25, 0.3) is 0 Å². The summed E-state index contributed by atoms with van der Waals surface area (Å²) in [5.74, 6) is 0.0623. The SMILES string of the molecule is CCC(CC(O)CN)c1c(Cl)ccc(Cl)c1Cl. The Bertz CT molecular complexity index is 384. The standard InChI is InChI=1S/C12H16Cl3NO/c1-2-7(5-8(17)6-16)11-9(13)3-4-10(14)12(11)15/h3-4,7-8,17H,2,5-6,16H2,1H3. The minimum absolute atomic E-state index is 0.0623. The summed E-state index contributed by atoms with van der Waals surface area (Å²) in [5.41, 5.74) is 6.22. The van der Waals surface area contributed by atoms with Crippen molar-refractivity contribution in [3.63, 3.8) is 0 Å². The van der Waals surface area contributed by atoms with Gasteiger partial charge in [-0.15, -0.1) is 0 Å². The first-order valence-electron chi connectivity index (χ1n) is 5.52. The Hall–Kier alpha value is 0.01000. The van der Waals surface area contributed by atoms with Gasteiger partial charge in [-0.05, 0) is 36.5 Å². The van der Waals surface area contributed by atoms with E-state index in [9.17, 15) is 5.11 Å². The predicted octanol–water partition coefficient (Wildman–Crippen LogP) is 3.85. The van der Waals surface area contributed by atoms with E-state index in [1.54, 1.807) is 12.1 Å². The average Bonchev–Trinajstić information content (AvgIpc) is 2.32. The summed E-state index contributed by atoms with van der Waals surface area (Å²) in [6.45, 7) is 2.24. The Labute approximate surface area is 117 Å². The fourth-order valence-corrected chi connectivity index (χ4v) is 2.67. The highest BCUT2D eigenvalue weighted by atomic mass is 35.5. The number of benzene rings is 1. The monoisotopic (exact) mass is 295 g/mol. The molecule has 0 aliphatic carbocycles. The van der Waals surface area contributed by atoms with Crippen molar-refractivity contribution in [2.24, 2.45) is 5.73 Å². The summed E-state index contributed by atoms with van der Waals surface area (Å²) in [6.07, 6.45) is 0.801. The van der Waals surface area contributed by atoms with Gasteiger partial charge in [-0.1, -0.05) is 41.7 Å². The zero-order chi connectivity index (χ0) is 13.0. The van der Waals surface area contributed by atoms with Gasteiger partial charge in [-0.25, -0.2) is 0 Å². The van der Waals surface area contributed by atoms with E-state index in [1.807, 2.05) is 6.92 Å². The molecule has 2 nitrogen and oxygen atoms in total. The van der Waals surface area contributed by atoms with Crippen molar-refractivity contribution in [3.8, 4) is 0 Å². The van der Waals surface area contributed by atoms with Gasteiger partial charge in [0.25, 0.3) is 0 Å². The zero-order valence-electron chi connectivity index (χ0n) is 9.59. The van der Waals surface area contributed by atoms with E-state index in [0.29, 0.717) is 21.5 Å². The van der Waals surface area contributed by atoms with Crippen LogP contribution in [0.2, 0.25) is 15.1 Å². The fraction of sp³-hybridized carbons (Fsp3) is 0.500. The van der Waals surface area contributed by atoms with E-state index < -0.39 is 6.10 Å². The number of hydrogen-bond donors (Lipinski definition) is 2. The van der Waals surface area contributed by atoms with Crippen LogP contribution < -0.4 is 5.73 Å². The molecule has 0 saturated carbocycles. The first-order valence-corrected chi connectivity index (χ1v) is 6.66. The number of nitrogens with two attached hydrogens (primary N) is 1. The van der Waals surface area contributed by atoms with E-state index in [-0.39, 0.29) is 12.5 Å². The maximum absolute atomic E-state index is 9.63. The first kappa shape index (κ1) is 15.1. The van der Waals surface area contributed by atoms with E-state index in [4.69, 9.17) is 40.5 Å². The van der Waals surface area contributed by atoms with Gasteiger partial charge in [0.1, 0.15) is 0 Å². The molecule has 0 spiro atoms. The van der Waals surface area contributed by atoms with Crippen molar-refractivity contribution in [3.05, 3.63) is 32.8 Å². The normalized spacial score (nSPS) is 14.7. The molecule has 0 aliphatic rings. The lowest BCUT2D eigenvalue weighted by Crippen LogP contribution is -2.22. The number of hydrogen-bond acceptors (Lipinski definition) is 2. The Morgan fingerprint density at radius 1 is 1.24 bits per heavy atom. The van der Waals surface area contributed by atoms with Crippen LogP contribution in [0, 0.1) is 0 Å². The summed E-state index contributed by atoms with van der Waals surface area (Å²) in [5, 5.41) is 11.2. The van der Waals surface area contributed by atoms with Crippen molar-refractivity contribution in [2.45, 2.75) is 31.8 Å². The van der Waals surface area contributed by atoms with Gasteiger partial charge in [0.2, 0.25) is 0 Å². The summed E-state index contributed by atoms with van der Waals surface area (Å²) in [7, 11) is 0. The molecule has 0 radical (unpaired) electrons. The predicted molar refractivity (Wildman–Crippen MR) is 74.2 cm³/mol. The summed E-state index contributed by atoms with van der Waals surface area (Å²) in [4.78, 5) is 0. The molecule has 1 aromatic carbocycles. The van der Waals surface area contributed by atoms with Gasteiger partial charge in [0.15, 0.2) is 0 Å². The van der Waals surface area contributed by atoms with Crippen molar-refractivity contribution in [1.82, 2.24) is 0 Å². The zero-order valence-corrected chi connectivity index (χ0v) is 11.9. The minimum Gasteiger partial charge on any atom is -0.392 e. The molecule has 1 rings (SSSR count). The molecule has 0 aliphatic heterocycles. The van der Waals surface area contributed by atoms with Crippen molar-refractivity contribution in [1.29, 1.82) is 0 Å². The Kier molecular flexibility index (Phi) is 6.04. The van der Waals surface area contributed by atoms with Gasteiger partial charge < -0.3 is 10.8 Å². The Morgan fingerprint density at radius 2 is 1.82 bits per heavy atom. The fourth-order valence-electron chi connectivity index (χ4n) is 1.83. The minimum atomic E-state index is -0.550. The molecule has 0 saturated heterocycles. The molecule has 2 unspecified atom stereocenters. The lowest BCUT2D eigenvalue weighted by Gasteiger charge is -2.21. The van der Waals surface area contributed by atoms with Gasteiger partial charge >= 0.3 is 0 Å². The van der Waals surface area contributed by atoms with Crippen molar-refractivity contribution < 1.29 is 5.11 Å². The molecule has 0 amide bonds. The third-order valence-electron chi connectivity index (χ3n) is 2.81. The second-order valence-electron chi connectivity index (χ2n) is 3.99. The third-order valence-corrected chi connectivity index (χ3v) is 3.96. The highest BCUT2D eigenvalue weighted by Crippen LogP contribution is 2.39. The van der Waals surface area contributed by atoms with Crippen LogP contribution in [-0.4, -0.2) is 17.8 Å². The maximum atomic E-state index is 9.63. The van der Waals surface area contributed by atoms with E-state index >= 15 is 0 Å². The molecule has 2 atom stereocenters. The largest absolute Gasteiger partial charge is 0.392 e. The lowest BCUT2D eigenvalue weighted by molar-refractivity contribution is 0.162.